The third-order valence-corrected chi connectivity index (χ3v) is 4.22. The SMILES string of the molecule is CC1(Cc2ccc(F)cc2)CC(=O)NC1c1ccccc1. The lowest BCUT2D eigenvalue weighted by Gasteiger charge is -2.30. The number of hydrogen-bond acceptors (Lipinski definition) is 1. The summed E-state index contributed by atoms with van der Waals surface area (Å²) in [7, 11) is 0. The summed E-state index contributed by atoms with van der Waals surface area (Å²) in [6.45, 7) is 2.12. The maximum absolute atomic E-state index is 13.0. The second-order valence-corrected chi connectivity index (χ2v) is 6.05. The van der Waals surface area contributed by atoms with Crippen LogP contribution in [0.15, 0.2) is 54.6 Å². The molecule has 1 N–H and O–H groups in total. The Morgan fingerprint density at radius 1 is 1.14 bits per heavy atom. The lowest BCUT2D eigenvalue weighted by Crippen LogP contribution is -2.28. The average Bonchev–Trinajstić information content (AvgIpc) is 2.77. The van der Waals surface area contributed by atoms with Crippen molar-refractivity contribution >= 4 is 5.91 Å². The van der Waals surface area contributed by atoms with Crippen LogP contribution in [0.2, 0.25) is 0 Å². The summed E-state index contributed by atoms with van der Waals surface area (Å²) in [4.78, 5) is 11.9. The minimum atomic E-state index is -0.232. The lowest BCUT2D eigenvalue weighted by atomic mass is 9.74. The predicted molar refractivity (Wildman–Crippen MR) is 80.2 cm³/mol. The van der Waals surface area contributed by atoms with E-state index in [1.54, 1.807) is 12.1 Å². The van der Waals surface area contributed by atoms with Crippen molar-refractivity contribution < 1.29 is 9.18 Å². The van der Waals surface area contributed by atoms with Crippen LogP contribution in [0.5, 0.6) is 0 Å². The molecule has 1 heterocycles. The first-order valence-corrected chi connectivity index (χ1v) is 7.16. The van der Waals surface area contributed by atoms with Crippen molar-refractivity contribution in [1.82, 2.24) is 5.32 Å². The highest BCUT2D eigenvalue weighted by atomic mass is 19.1. The molecule has 1 aliphatic heterocycles. The predicted octanol–water partition coefficient (Wildman–Crippen LogP) is 3.64. The Bertz CT molecular complexity index is 638. The van der Waals surface area contributed by atoms with E-state index in [1.165, 1.54) is 12.1 Å². The van der Waals surface area contributed by atoms with Gasteiger partial charge in [0.05, 0.1) is 6.04 Å². The van der Waals surface area contributed by atoms with E-state index in [-0.39, 0.29) is 23.2 Å². The third kappa shape index (κ3) is 2.82. The van der Waals surface area contributed by atoms with Gasteiger partial charge in [-0.1, -0.05) is 49.4 Å². The molecule has 21 heavy (non-hydrogen) atoms. The van der Waals surface area contributed by atoms with Crippen LogP contribution in [-0.2, 0) is 11.2 Å². The van der Waals surface area contributed by atoms with Crippen molar-refractivity contribution in [2.24, 2.45) is 5.41 Å². The number of nitrogens with one attached hydrogen (secondary N) is 1. The number of halogens is 1. The normalized spacial score (nSPS) is 24.9. The number of hydrogen-bond donors (Lipinski definition) is 1. The Kier molecular flexibility index (Phi) is 3.50. The van der Waals surface area contributed by atoms with Gasteiger partial charge in [0.1, 0.15) is 5.82 Å². The first kappa shape index (κ1) is 13.8. The molecule has 1 amide bonds. The minimum Gasteiger partial charge on any atom is -0.349 e. The molecule has 2 unspecified atom stereocenters. The van der Waals surface area contributed by atoms with Gasteiger partial charge in [0, 0.05) is 11.8 Å². The van der Waals surface area contributed by atoms with Crippen LogP contribution < -0.4 is 5.32 Å². The zero-order chi connectivity index (χ0) is 14.9. The molecular weight excluding hydrogens is 265 g/mol. The second-order valence-electron chi connectivity index (χ2n) is 6.05. The largest absolute Gasteiger partial charge is 0.349 e. The van der Waals surface area contributed by atoms with Crippen molar-refractivity contribution in [3.05, 3.63) is 71.5 Å². The molecule has 3 heteroatoms. The van der Waals surface area contributed by atoms with Crippen molar-refractivity contribution in [3.8, 4) is 0 Å². The first-order valence-electron chi connectivity index (χ1n) is 7.16. The van der Waals surface area contributed by atoms with E-state index in [2.05, 4.69) is 12.2 Å². The van der Waals surface area contributed by atoms with Crippen LogP contribution in [0.25, 0.3) is 0 Å². The van der Waals surface area contributed by atoms with Gasteiger partial charge in [-0.05, 0) is 29.7 Å². The number of carbonyl (C=O) groups excluding carboxylic acids is 1. The van der Waals surface area contributed by atoms with E-state index in [0.29, 0.717) is 6.42 Å². The van der Waals surface area contributed by atoms with Crippen molar-refractivity contribution in [3.63, 3.8) is 0 Å². The fourth-order valence-electron chi connectivity index (χ4n) is 3.22. The molecule has 3 rings (SSSR count). The molecule has 0 aromatic heterocycles. The summed E-state index contributed by atoms with van der Waals surface area (Å²) >= 11 is 0. The van der Waals surface area contributed by atoms with Gasteiger partial charge in [0.2, 0.25) is 5.91 Å². The summed E-state index contributed by atoms with van der Waals surface area (Å²) in [5.41, 5.74) is 1.97. The Morgan fingerprint density at radius 3 is 2.48 bits per heavy atom. The summed E-state index contributed by atoms with van der Waals surface area (Å²) in [5, 5.41) is 3.08. The topological polar surface area (TPSA) is 29.1 Å². The number of carbonyl (C=O) groups is 1. The van der Waals surface area contributed by atoms with E-state index >= 15 is 0 Å². The van der Waals surface area contributed by atoms with Gasteiger partial charge in [-0.2, -0.15) is 0 Å². The number of benzene rings is 2. The number of rotatable bonds is 3. The Balaban J connectivity index is 1.89. The summed E-state index contributed by atoms with van der Waals surface area (Å²) in [5.74, 6) is -0.155. The highest BCUT2D eigenvalue weighted by Crippen LogP contribution is 2.44. The third-order valence-electron chi connectivity index (χ3n) is 4.22. The van der Waals surface area contributed by atoms with Gasteiger partial charge in [-0.3, -0.25) is 4.79 Å². The highest BCUT2D eigenvalue weighted by molar-refractivity contribution is 5.80. The van der Waals surface area contributed by atoms with E-state index in [4.69, 9.17) is 0 Å². The van der Waals surface area contributed by atoms with Gasteiger partial charge >= 0.3 is 0 Å². The van der Waals surface area contributed by atoms with E-state index < -0.39 is 0 Å². The van der Waals surface area contributed by atoms with Crippen molar-refractivity contribution in [1.29, 1.82) is 0 Å². The zero-order valence-electron chi connectivity index (χ0n) is 12.0. The fourth-order valence-corrected chi connectivity index (χ4v) is 3.22. The summed E-state index contributed by atoms with van der Waals surface area (Å²) in [6, 6.07) is 16.6. The molecule has 1 aliphatic rings. The molecular formula is C18H18FNO. The van der Waals surface area contributed by atoms with Crippen LogP contribution in [-0.4, -0.2) is 5.91 Å². The van der Waals surface area contributed by atoms with Crippen LogP contribution >= 0.6 is 0 Å². The van der Waals surface area contributed by atoms with E-state index in [1.807, 2.05) is 30.3 Å². The zero-order valence-corrected chi connectivity index (χ0v) is 12.0. The van der Waals surface area contributed by atoms with Crippen molar-refractivity contribution in [2.75, 3.05) is 0 Å². The van der Waals surface area contributed by atoms with Gasteiger partial charge in [-0.25, -0.2) is 4.39 Å². The van der Waals surface area contributed by atoms with Crippen LogP contribution in [0.1, 0.15) is 30.5 Å². The van der Waals surface area contributed by atoms with Gasteiger partial charge < -0.3 is 5.32 Å². The average molecular weight is 283 g/mol. The Labute approximate surface area is 124 Å². The molecule has 0 radical (unpaired) electrons. The molecule has 2 aromatic rings. The smallest absolute Gasteiger partial charge is 0.221 e. The van der Waals surface area contributed by atoms with Crippen molar-refractivity contribution in [2.45, 2.75) is 25.8 Å². The summed E-state index contributed by atoms with van der Waals surface area (Å²) in [6.07, 6.45) is 1.23. The fraction of sp³-hybridized carbons (Fsp3) is 0.278. The van der Waals surface area contributed by atoms with Crippen LogP contribution in [0.3, 0.4) is 0 Å². The summed E-state index contributed by atoms with van der Waals surface area (Å²) < 4.78 is 13.0. The van der Waals surface area contributed by atoms with Gasteiger partial charge in [0.15, 0.2) is 0 Å². The first-order chi connectivity index (χ1) is 10.1. The molecule has 1 fully saturated rings. The highest BCUT2D eigenvalue weighted by Gasteiger charge is 2.43. The maximum Gasteiger partial charge on any atom is 0.221 e. The maximum atomic E-state index is 13.0. The van der Waals surface area contributed by atoms with Crippen LogP contribution in [0, 0.1) is 11.2 Å². The Hall–Kier alpha value is -2.16. The van der Waals surface area contributed by atoms with Crippen LogP contribution in [0.4, 0.5) is 4.39 Å². The molecule has 0 aliphatic carbocycles. The quantitative estimate of drug-likeness (QED) is 0.915. The Morgan fingerprint density at radius 2 is 1.81 bits per heavy atom. The molecule has 0 spiro atoms. The molecule has 0 bridgehead atoms. The minimum absolute atomic E-state index is 0.00347. The van der Waals surface area contributed by atoms with E-state index in [0.717, 1.165) is 17.5 Å². The standard InChI is InChI=1S/C18H18FNO/c1-18(11-13-7-9-15(19)10-8-13)12-16(21)20-17(18)14-5-3-2-4-6-14/h2-10,17H,11-12H2,1H3,(H,20,21). The number of amides is 1. The van der Waals surface area contributed by atoms with E-state index in [9.17, 15) is 9.18 Å². The molecule has 1 saturated heterocycles. The van der Waals surface area contributed by atoms with Gasteiger partial charge in [-0.15, -0.1) is 0 Å². The molecule has 2 aromatic carbocycles. The molecule has 2 atom stereocenters. The molecule has 108 valence electrons. The lowest BCUT2D eigenvalue weighted by molar-refractivity contribution is -0.119. The molecule has 0 saturated carbocycles. The monoisotopic (exact) mass is 283 g/mol. The second kappa shape index (κ2) is 5.32. The molecule has 2 nitrogen and oxygen atoms in total. The van der Waals surface area contributed by atoms with Gasteiger partial charge in [0.25, 0.3) is 0 Å².